The van der Waals surface area contributed by atoms with E-state index in [-0.39, 0.29) is 11.4 Å². The van der Waals surface area contributed by atoms with Crippen LogP contribution < -0.4 is 11.3 Å². The zero-order chi connectivity index (χ0) is 15.0. The number of nitrogens with zero attached hydrogens (tertiary/aromatic N) is 2. The number of carbonyl (C=O) groups is 1. The van der Waals surface area contributed by atoms with Crippen LogP contribution in [0.2, 0.25) is 0 Å². The molecule has 1 aromatic rings. The number of aromatic nitrogens is 1. The highest BCUT2D eigenvalue weighted by Crippen LogP contribution is 2.16. The Bertz CT molecular complexity index is 437. The number of nitrogens with two attached hydrogens (primary N) is 1. The van der Waals surface area contributed by atoms with Crippen molar-refractivity contribution in [3.05, 3.63) is 23.6 Å². The summed E-state index contributed by atoms with van der Waals surface area (Å²) in [6.45, 7) is 1.38. The topological polar surface area (TPSA) is 89.7 Å². The van der Waals surface area contributed by atoms with Crippen LogP contribution in [0.3, 0.4) is 0 Å². The third-order valence-electron chi connectivity index (χ3n) is 2.67. The molecule has 0 fully saturated rings. The molecule has 0 saturated heterocycles. The fourth-order valence-corrected chi connectivity index (χ4v) is 1.60. The zero-order valence-corrected chi connectivity index (χ0v) is 11.6. The van der Waals surface area contributed by atoms with E-state index in [0.29, 0.717) is 26.3 Å². The number of anilines is 1. The van der Waals surface area contributed by atoms with Crippen LogP contribution >= 0.6 is 0 Å². The molecule has 0 saturated carbocycles. The van der Waals surface area contributed by atoms with Gasteiger partial charge in [0.1, 0.15) is 0 Å². The Hall–Kier alpha value is -1.77. The van der Waals surface area contributed by atoms with Gasteiger partial charge < -0.3 is 19.8 Å². The maximum atomic E-state index is 14.0. The van der Waals surface area contributed by atoms with Crippen molar-refractivity contribution >= 4 is 11.7 Å². The molecule has 112 valence electrons. The average molecular weight is 286 g/mol. The second kappa shape index (κ2) is 8.41. The Morgan fingerprint density at radius 2 is 2.00 bits per heavy atom. The average Bonchev–Trinajstić information content (AvgIpc) is 2.47. The highest BCUT2D eigenvalue weighted by Gasteiger charge is 2.21. The summed E-state index contributed by atoms with van der Waals surface area (Å²) in [6, 6.07) is 1.31. The molecule has 1 aromatic heterocycles. The molecule has 0 aliphatic rings. The summed E-state index contributed by atoms with van der Waals surface area (Å²) in [4.78, 5) is 17.5. The smallest absolute Gasteiger partial charge is 0.257 e. The summed E-state index contributed by atoms with van der Waals surface area (Å²) in [5.41, 5.74) is 2.01. The maximum Gasteiger partial charge on any atom is 0.257 e. The fraction of sp³-hybridized carbons (Fsp3) is 0.500. The van der Waals surface area contributed by atoms with Gasteiger partial charge in [0.15, 0.2) is 11.6 Å². The molecule has 7 nitrogen and oxygen atoms in total. The SMILES string of the molecule is COCCN(CCOC)C(=O)c1ccnc(NN)c1F. The summed E-state index contributed by atoms with van der Waals surface area (Å²) in [6.07, 6.45) is 1.32. The van der Waals surface area contributed by atoms with Crippen molar-refractivity contribution in [2.75, 3.05) is 45.9 Å². The molecule has 3 N–H and O–H groups in total. The van der Waals surface area contributed by atoms with Gasteiger partial charge in [-0.2, -0.15) is 0 Å². The van der Waals surface area contributed by atoms with Crippen molar-refractivity contribution in [3.63, 3.8) is 0 Å². The van der Waals surface area contributed by atoms with Crippen molar-refractivity contribution in [3.8, 4) is 0 Å². The monoisotopic (exact) mass is 286 g/mol. The molecule has 8 heteroatoms. The number of rotatable bonds is 8. The van der Waals surface area contributed by atoms with Crippen LogP contribution in [-0.4, -0.2) is 56.3 Å². The molecule has 0 unspecified atom stereocenters. The van der Waals surface area contributed by atoms with E-state index in [4.69, 9.17) is 15.3 Å². The van der Waals surface area contributed by atoms with Crippen molar-refractivity contribution in [2.24, 2.45) is 5.84 Å². The Morgan fingerprint density at radius 1 is 1.40 bits per heavy atom. The first-order valence-electron chi connectivity index (χ1n) is 6.04. The predicted octanol–water partition coefficient (Wildman–Crippen LogP) is 0.241. The minimum Gasteiger partial charge on any atom is -0.383 e. The molecular formula is C12H19FN4O3. The maximum absolute atomic E-state index is 14.0. The van der Waals surface area contributed by atoms with Crippen LogP contribution in [0.5, 0.6) is 0 Å². The van der Waals surface area contributed by atoms with E-state index < -0.39 is 11.7 Å². The van der Waals surface area contributed by atoms with Crippen LogP contribution in [0.1, 0.15) is 10.4 Å². The van der Waals surface area contributed by atoms with E-state index >= 15 is 0 Å². The molecule has 1 rings (SSSR count). The van der Waals surface area contributed by atoms with Crippen molar-refractivity contribution < 1.29 is 18.7 Å². The molecular weight excluding hydrogens is 267 g/mol. The summed E-state index contributed by atoms with van der Waals surface area (Å²) in [7, 11) is 3.06. The van der Waals surface area contributed by atoms with E-state index in [2.05, 4.69) is 10.4 Å². The first kappa shape index (κ1) is 16.3. The van der Waals surface area contributed by atoms with E-state index in [9.17, 15) is 9.18 Å². The molecule has 1 heterocycles. The van der Waals surface area contributed by atoms with Crippen molar-refractivity contribution in [1.82, 2.24) is 9.88 Å². The Morgan fingerprint density at radius 3 is 2.50 bits per heavy atom. The van der Waals surface area contributed by atoms with Crippen molar-refractivity contribution in [1.29, 1.82) is 0 Å². The Kier molecular flexibility index (Phi) is 6.85. The van der Waals surface area contributed by atoms with E-state index in [1.165, 1.54) is 31.4 Å². The molecule has 0 radical (unpaired) electrons. The first-order valence-corrected chi connectivity index (χ1v) is 6.04. The number of nitrogens with one attached hydrogen (secondary N) is 1. The summed E-state index contributed by atoms with van der Waals surface area (Å²) in [5.74, 6) is 3.73. The Labute approximate surface area is 116 Å². The van der Waals surface area contributed by atoms with Gasteiger partial charge in [-0.1, -0.05) is 0 Å². The van der Waals surface area contributed by atoms with Crippen LogP contribution in [0.15, 0.2) is 12.3 Å². The number of methoxy groups -OCH3 is 2. The molecule has 0 bridgehead atoms. The standard InChI is InChI=1S/C12H19FN4O3/c1-19-7-5-17(6-8-20-2)12(18)9-3-4-15-11(16-14)10(9)13/h3-4H,5-8,14H2,1-2H3,(H,15,16). The predicted molar refractivity (Wildman–Crippen MR) is 71.7 cm³/mol. The van der Waals surface area contributed by atoms with Gasteiger partial charge in [-0.25, -0.2) is 15.2 Å². The molecule has 1 amide bonds. The molecule has 0 atom stereocenters. The van der Waals surface area contributed by atoms with Crippen LogP contribution in [0.25, 0.3) is 0 Å². The zero-order valence-electron chi connectivity index (χ0n) is 11.6. The van der Waals surface area contributed by atoms with Crippen LogP contribution in [0, 0.1) is 5.82 Å². The first-order chi connectivity index (χ1) is 9.65. The fourth-order valence-electron chi connectivity index (χ4n) is 1.60. The minimum atomic E-state index is -0.778. The number of ether oxygens (including phenoxy) is 2. The molecule has 0 aromatic carbocycles. The van der Waals surface area contributed by atoms with E-state index in [1.54, 1.807) is 0 Å². The van der Waals surface area contributed by atoms with Gasteiger partial charge in [-0.05, 0) is 6.07 Å². The van der Waals surface area contributed by atoms with Crippen molar-refractivity contribution in [2.45, 2.75) is 0 Å². The third-order valence-corrected chi connectivity index (χ3v) is 2.67. The summed E-state index contributed by atoms with van der Waals surface area (Å²) in [5, 5.41) is 0. The molecule has 0 aliphatic carbocycles. The summed E-state index contributed by atoms with van der Waals surface area (Å²) < 4.78 is 23.9. The number of amides is 1. The number of hydrazine groups is 1. The number of carbonyl (C=O) groups excluding carboxylic acids is 1. The molecule has 0 aliphatic heterocycles. The number of hydrogen-bond acceptors (Lipinski definition) is 6. The summed E-state index contributed by atoms with van der Waals surface area (Å²) >= 11 is 0. The quantitative estimate of drug-likeness (QED) is 0.525. The van der Waals surface area contributed by atoms with Gasteiger partial charge in [0.25, 0.3) is 5.91 Å². The normalized spacial score (nSPS) is 10.4. The largest absolute Gasteiger partial charge is 0.383 e. The second-order valence-electron chi connectivity index (χ2n) is 3.94. The Balaban J connectivity index is 2.92. The lowest BCUT2D eigenvalue weighted by Gasteiger charge is -2.22. The lowest BCUT2D eigenvalue weighted by molar-refractivity contribution is 0.0623. The highest BCUT2D eigenvalue weighted by molar-refractivity contribution is 5.95. The second-order valence-corrected chi connectivity index (χ2v) is 3.94. The lowest BCUT2D eigenvalue weighted by Crippen LogP contribution is -2.37. The van der Waals surface area contributed by atoms with Gasteiger partial charge in [0, 0.05) is 33.5 Å². The van der Waals surface area contributed by atoms with Gasteiger partial charge >= 0.3 is 0 Å². The van der Waals surface area contributed by atoms with Crippen LogP contribution in [-0.2, 0) is 9.47 Å². The van der Waals surface area contributed by atoms with Gasteiger partial charge in [-0.3, -0.25) is 4.79 Å². The number of hydrogen-bond donors (Lipinski definition) is 2. The number of nitrogen functional groups attached to an aromatic ring is 1. The van der Waals surface area contributed by atoms with Gasteiger partial charge in [-0.15, -0.1) is 0 Å². The van der Waals surface area contributed by atoms with E-state index in [0.717, 1.165) is 0 Å². The lowest BCUT2D eigenvalue weighted by atomic mass is 10.2. The molecule has 20 heavy (non-hydrogen) atoms. The van der Waals surface area contributed by atoms with Gasteiger partial charge in [0.2, 0.25) is 0 Å². The van der Waals surface area contributed by atoms with E-state index in [1.807, 2.05) is 0 Å². The third kappa shape index (κ3) is 4.12. The molecule has 0 spiro atoms. The van der Waals surface area contributed by atoms with Crippen LogP contribution in [0.4, 0.5) is 10.2 Å². The number of pyridine rings is 1. The highest BCUT2D eigenvalue weighted by atomic mass is 19.1. The number of halogens is 1. The van der Waals surface area contributed by atoms with Gasteiger partial charge in [0.05, 0.1) is 18.8 Å². The minimum absolute atomic E-state index is 0.0971.